The minimum atomic E-state index is -4.92. The molecule has 0 saturated heterocycles. The van der Waals surface area contributed by atoms with E-state index in [1.165, 1.54) is 6.92 Å². The molecule has 0 bridgehead atoms. The first-order chi connectivity index (χ1) is 16.9. The number of carbonyl (C=O) groups excluding carboxylic acids is 1. The molecule has 3 fully saturated rings. The van der Waals surface area contributed by atoms with E-state index in [9.17, 15) is 36.2 Å². The second-order valence-electron chi connectivity index (χ2n) is 11.3. The molecule has 0 aromatic carbocycles. The summed E-state index contributed by atoms with van der Waals surface area (Å²) in [5, 5.41) is 16.0. The number of hydrogen-bond donors (Lipinski definition) is 3. The summed E-state index contributed by atoms with van der Waals surface area (Å²) < 4.78 is 91.7. The highest BCUT2D eigenvalue weighted by molar-refractivity contribution is 7.91. The third-order valence-corrected chi connectivity index (χ3v) is 8.74. The summed E-state index contributed by atoms with van der Waals surface area (Å²) in [6.45, 7) is 1.23. The Labute approximate surface area is 209 Å². The van der Waals surface area contributed by atoms with Crippen LogP contribution in [-0.4, -0.2) is 37.3 Å². The number of alkyl halides is 5. The fourth-order valence-corrected chi connectivity index (χ4v) is 6.63. The Morgan fingerprint density at radius 2 is 1.95 bits per heavy atom. The SMILES string of the molecule is CC1(Cn2nc(C3CC4(CC4)C3)c(C(F)(F)F)c2C(=O)Nc2cc[n+](O)c(S(C)(=N)=O)c2)CC(F)(F)C1. The molecule has 1 unspecified atom stereocenters. The number of anilines is 1. The van der Waals surface area contributed by atoms with Gasteiger partial charge in [-0.25, -0.2) is 17.8 Å². The third-order valence-electron chi connectivity index (χ3n) is 7.64. The van der Waals surface area contributed by atoms with Gasteiger partial charge >= 0.3 is 11.2 Å². The van der Waals surface area contributed by atoms with Gasteiger partial charge in [0, 0.05) is 48.4 Å². The van der Waals surface area contributed by atoms with Crippen molar-refractivity contribution in [1.82, 2.24) is 9.78 Å². The van der Waals surface area contributed by atoms with Gasteiger partial charge in [0.25, 0.3) is 5.91 Å². The maximum Gasteiger partial charge on any atom is 0.420 e. The number of amides is 1. The highest BCUT2D eigenvalue weighted by atomic mass is 32.2. The second-order valence-corrected chi connectivity index (χ2v) is 13.4. The number of aromatic nitrogens is 3. The molecule has 14 heteroatoms. The van der Waals surface area contributed by atoms with Crippen molar-refractivity contribution in [2.75, 3.05) is 11.6 Å². The molecule has 2 aromatic rings. The van der Waals surface area contributed by atoms with E-state index in [-0.39, 0.29) is 28.4 Å². The molecule has 3 aliphatic rings. The molecule has 37 heavy (non-hydrogen) atoms. The molecule has 5 rings (SSSR count). The molecule has 1 atom stereocenters. The van der Waals surface area contributed by atoms with Crippen LogP contribution in [0.5, 0.6) is 0 Å². The lowest BCUT2D eigenvalue weighted by Crippen LogP contribution is -2.47. The predicted molar refractivity (Wildman–Crippen MR) is 120 cm³/mol. The van der Waals surface area contributed by atoms with Gasteiger partial charge in [0.15, 0.2) is 0 Å². The van der Waals surface area contributed by atoms with Gasteiger partial charge in [0.05, 0.1) is 11.4 Å². The fourth-order valence-electron chi connectivity index (χ4n) is 5.86. The van der Waals surface area contributed by atoms with Gasteiger partial charge in [-0.05, 0) is 36.5 Å². The number of nitrogens with one attached hydrogen (secondary N) is 2. The summed E-state index contributed by atoms with van der Waals surface area (Å²) in [6, 6.07) is 2.19. The van der Waals surface area contributed by atoms with E-state index in [0.29, 0.717) is 17.6 Å². The zero-order valence-corrected chi connectivity index (χ0v) is 21.0. The molecule has 0 aliphatic heterocycles. The van der Waals surface area contributed by atoms with E-state index in [2.05, 4.69) is 10.4 Å². The Hall–Kier alpha value is -2.77. The van der Waals surface area contributed by atoms with Crippen LogP contribution in [0.2, 0.25) is 0 Å². The summed E-state index contributed by atoms with van der Waals surface area (Å²) in [5.74, 6) is -4.57. The van der Waals surface area contributed by atoms with Gasteiger partial charge in [-0.3, -0.25) is 14.7 Å². The highest BCUT2D eigenvalue weighted by Gasteiger charge is 2.57. The van der Waals surface area contributed by atoms with Gasteiger partial charge in [0.1, 0.15) is 21.0 Å². The van der Waals surface area contributed by atoms with Crippen molar-refractivity contribution in [1.29, 1.82) is 4.78 Å². The first kappa shape index (κ1) is 25.9. The van der Waals surface area contributed by atoms with Crippen molar-refractivity contribution < 1.29 is 40.9 Å². The number of rotatable bonds is 6. The van der Waals surface area contributed by atoms with Gasteiger partial charge in [-0.2, -0.15) is 18.3 Å². The van der Waals surface area contributed by atoms with E-state index >= 15 is 0 Å². The number of carbonyl (C=O) groups is 1. The van der Waals surface area contributed by atoms with Gasteiger partial charge < -0.3 is 5.32 Å². The van der Waals surface area contributed by atoms with Crippen LogP contribution in [0.15, 0.2) is 23.4 Å². The normalized spacial score (nSPS) is 23.1. The molecule has 1 spiro atoms. The zero-order chi connectivity index (χ0) is 27.2. The Balaban J connectivity index is 1.55. The minimum absolute atomic E-state index is 0.0609. The van der Waals surface area contributed by atoms with Crippen LogP contribution in [0.3, 0.4) is 0 Å². The Morgan fingerprint density at radius 3 is 2.46 bits per heavy atom. The van der Waals surface area contributed by atoms with Crippen molar-refractivity contribution in [2.45, 2.75) is 75.0 Å². The van der Waals surface area contributed by atoms with Crippen LogP contribution in [0.1, 0.15) is 73.1 Å². The summed E-state index contributed by atoms with van der Waals surface area (Å²) >= 11 is 0. The standard InChI is InChI=1S/C23H26F5N5O3S/c1-20(10-22(24,25)11-20)12-32-18(19(34)30-14-3-6-33(35)15(7-14)37(2,29)36)16(23(26,27)28)17(31-32)13-8-21(9-13)4-5-21/h3,6-7,13,29,35H,4-5,8-12H2,1-2H3/p+1. The molecule has 2 heterocycles. The van der Waals surface area contributed by atoms with E-state index in [1.54, 1.807) is 0 Å². The average molecular weight is 549 g/mol. The summed E-state index contributed by atoms with van der Waals surface area (Å²) in [6.07, 6.45) is -0.985. The van der Waals surface area contributed by atoms with Crippen LogP contribution >= 0.6 is 0 Å². The Bertz CT molecular complexity index is 1380. The van der Waals surface area contributed by atoms with E-state index < -0.39 is 63.2 Å². The first-order valence-corrected chi connectivity index (χ1v) is 13.7. The number of hydrogen-bond acceptors (Lipinski definition) is 5. The van der Waals surface area contributed by atoms with Gasteiger partial charge in [-0.1, -0.05) is 6.92 Å². The number of pyridine rings is 1. The molecular weight excluding hydrogens is 521 g/mol. The van der Waals surface area contributed by atoms with E-state index in [0.717, 1.165) is 42.1 Å². The molecule has 0 radical (unpaired) electrons. The second kappa shape index (κ2) is 7.87. The lowest BCUT2D eigenvalue weighted by molar-refractivity contribution is -0.932. The van der Waals surface area contributed by atoms with Crippen LogP contribution in [0.25, 0.3) is 0 Å². The summed E-state index contributed by atoms with van der Waals surface area (Å²) in [5.41, 5.74) is -3.27. The Kier molecular flexibility index (Phi) is 5.50. The van der Waals surface area contributed by atoms with Crippen LogP contribution in [-0.2, 0) is 22.5 Å². The zero-order valence-electron chi connectivity index (χ0n) is 20.2. The Morgan fingerprint density at radius 1 is 1.32 bits per heavy atom. The quantitative estimate of drug-likeness (QED) is 0.273. The van der Waals surface area contributed by atoms with Gasteiger partial charge in [-0.15, -0.1) is 0 Å². The van der Waals surface area contributed by atoms with Crippen molar-refractivity contribution >= 4 is 21.3 Å². The van der Waals surface area contributed by atoms with E-state index in [4.69, 9.17) is 4.78 Å². The van der Waals surface area contributed by atoms with Crippen molar-refractivity contribution in [3.8, 4) is 0 Å². The van der Waals surface area contributed by atoms with Gasteiger partial charge in [0.2, 0.25) is 12.1 Å². The molecule has 3 saturated carbocycles. The summed E-state index contributed by atoms with van der Waals surface area (Å²) in [7, 11) is -3.44. The smallest absolute Gasteiger partial charge is 0.320 e. The molecule has 8 nitrogen and oxygen atoms in total. The number of halogens is 5. The van der Waals surface area contributed by atoms with Crippen molar-refractivity contribution in [2.24, 2.45) is 10.8 Å². The first-order valence-electron chi connectivity index (χ1n) is 11.8. The lowest BCUT2D eigenvalue weighted by atomic mass is 9.67. The van der Waals surface area contributed by atoms with Crippen LogP contribution < -0.4 is 10.0 Å². The average Bonchev–Trinajstić information content (AvgIpc) is 3.40. The molecule has 3 N–H and O–H groups in total. The molecule has 202 valence electrons. The lowest BCUT2D eigenvalue weighted by Gasteiger charge is -2.44. The fraction of sp³-hybridized carbons (Fsp3) is 0.609. The minimum Gasteiger partial charge on any atom is -0.320 e. The molecule has 2 aromatic heterocycles. The molecular formula is C23H27F5N5O3S+. The molecule has 1 amide bonds. The predicted octanol–water partition coefficient (Wildman–Crippen LogP) is 4.81. The maximum atomic E-state index is 14.4. The maximum absolute atomic E-state index is 14.4. The van der Waals surface area contributed by atoms with Crippen LogP contribution in [0, 0.1) is 15.6 Å². The third kappa shape index (κ3) is 4.79. The van der Waals surface area contributed by atoms with Crippen LogP contribution in [0.4, 0.5) is 27.6 Å². The van der Waals surface area contributed by atoms with Crippen molar-refractivity contribution in [3.63, 3.8) is 0 Å². The van der Waals surface area contributed by atoms with Crippen molar-refractivity contribution in [3.05, 3.63) is 35.3 Å². The topological polar surface area (TPSA) is 112 Å². The molecule has 3 aliphatic carbocycles. The largest absolute Gasteiger partial charge is 0.420 e. The number of nitrogens with zero attached hydrogens (tertiary/aromatic N) is 3. The monoisotopic (exact) mass is 548 g/mol. The van der Waals surface area contributed by atoms with E-state index in [1.807, 2.05) is 0 Å². The highest BCUT2D eigenvalue weighted by Crippen LogP contribution is 2.66. The summed E-state index contributed by atoms with van der Waals surface area (Å²) in [4.78, 5) is 13.3.